The van der Waals surface area contributed by atoms with E-state index in [-0.39, 0.29) is 17.3 Å². The van der Waals surface area contributed by atoms with E-state index in [1.807, 2.05) is 11.5 Å². The van der Waals surface area contributed by atoms with Gasteiger partial charge in [0.15, 0.2) is 0 Å². The van der Waals surface area contributed by atoms with Crippen LogP contribution in [0, 0.1) is 11.6 Å². The number of likely N-dealkylation sites (tertiary alicyclic amines) is 1. The summed E-state index contributed by atoms with van der Waals surface area (Å²) in [4.78, 5) is 8.04. The third-order valence-corrected chi connectivity index (χ3v) is 8.27. The summed E-state index contributed by atoms with van der Waals surface area (Å²) in [7, 11) is 0. The van der Waals surface area contributed by atoms with E-state index < -0.39 is 17.6 Å². The molecule has 1 fully saturated rings. The fraction of sp³-hybridized carbons (Fsp3) is 0.406. The maximum atomic E-state index is 14.7. The van der Waals surface area contributed by atoms with E-state index in [0.29, 0.717) is 53.9 Å². The first-order chi connectivity index (χ1) is 20.7. The molecule has 3 aromatic carbocycles. The van der Waals surface area contributed by atoms with Crippen LogP contribution in [0.4, 0.5) is 22.0 Å². The number of imidazole rings is 1. The lowest BCUT2D eigenvalue weighted by molar-refractivity contribution is -0.140. The van der Waals surface area contributed by atoms with Crippen molar-refractivity contribution in [2.75, 3.05) is 32.0 Å². The summed E-state index contributed by atoms with van der Waals surface area (Å²) in [6.45, 7) is 7.79. The summed E-state index contributed by atoms with van der Waals surface area (Å²) >= 11 is 1.52. The number of hydrogen-bond acceptors (Lipinski definition) is 5. The summed E-state index contributed by atoms with van der Waals surface area (Å²) < 4.78 is 82.5. The average molecular weight is 620 g/mol. The zero-order valence-corrected chi connectivity index (χ0v) is 25.0. The number of rotatable bonds is 12. The van der Waals surface area contributed by atoms with E-state index in [1.165, 1.54) is 23.9 Å². The van der Waals surface area contributed by atoms with Gasteiger partial charge < -0.3 is 14.0 Å². The number of alkyl halides is 3. The first-order valence-electron chi connectivity index (χ1n) is 14.5. The van der Waals surface area contributed by atoms with Crippen molar-refractivity contribution < 1.29 is 31.4 Å². The number of nitrogens with zero attached hydrogens (tertiary/aromatic N) is 3. The van der Waals surface area contributed by atoms with Gasteiger partial charge >= 0.3 is 6.18 Å². The molecular weight excluding hydrogens is 585 g/mol. The van der Waals surface area contributed by atoms with E-state index in [1.54, 1.807) is 18.2 Å². The maximum Gasteiger partial charge on any atom is 0.419 e. The van der Waals surface area contributed by atoms with Crippen molar-refractivity contribution >= 4 is 22.8 Å². The monoisotopic (exact) mass is 619 g/mol. The minimum atomic E-state index is -4.86. The smallest absolute Gasteiger partial charge is 0.419 e. The van der Waals surface area contributed by atoms with Crippen LogP contribution in [0.25, 0.3) is 22.4 Å². The molecule has 0 unspecified atom stereocenters. The second-order valence-electron chi connectivity index (χ2n) is 10.4. The average Bonchev–Trinajstić information content (AvgIpc) is 3.61. The summed E-state index contributed by atoms with van der Waals surface area (Å²) in [5.74, 6) is 0.163. The largest absolute Gasteiger partial charge is 0.491 e. The first-order valence-corrected chi connectivity index (χ1v) is 15.5. The number of aromatic nitrogens is 2. The molecule has 0 N–H and O–H groups in total. The second kappa shape index (κ2) is 13.5. The number of ether oxygens (including phenoxy) is 2. The van der Waals surface area contributed by atoms with Crippen LogP contribution in [0.15, 0.2) is 53.4 Å². The van der Waals surface area contributed by atoms with E-state index in [4.69, 9.17) is 14.5 Å². The summed E-state index contributed by atoms with van der Waals surface area (Å²) in [6, 6.07) is 10.5. The van der Waals surface area contributed by atoms with Gasteiger partial charge in [-0.1, -0.05) is 20.3 Å². The van der Waals surface area contributed by atoms with Gasteiger partial charge in [0.2, 0.25) is 0 Å². The molecule has 1 aliphatic heterocycles. The molecule has 1 saturated heterocycles. The Kier molecular flexibility index (Phi) is 9.81. The Morgan fingerprint density at radius 2 is 1.67 bits per heavy atom. The summed E-state index contributed by atoms with van der Waals surface area (Å²) in [5.41, 5.74) is 0.646. The number of thioether (sulfide) groups is 1. The number of hydrogen-bond donors (Lipinski definition) is 0. The lowest BCUT2D eigenvalue weighted by Crippen LogP contribution is -2.25. The van der Waals surface area contributed by atoms with Crippen LogP contribution in [0.2, 0.25) is 0 Å². The first kappa shape index (κ1) is 31.1. The molecule has 5 rings (SSSR count). The molecule has 4 aromatic rings. The quantitative estimate of drug-likeness (QED) is 0.117. The van der Waals surface area contributed by atoms with Crippen LogP contribution in [0.1, 0.15) is 45.1 Å². The van der Waals surface area contributed by atoms with Gasteiger partial charge in [-0.3, -0.25) is 4.90 Å². The topological polar surface area (TPSA) is 39.5 Å². The molecule has 2 heterocycles. The zero-order chi connectivity index (χ0) is 30.6. The van der Waals surface area contributed by atoms with Crippen molar-refractivity contribution in [3.63, 3.8) is 0 Å². The predicted octanol–water partition coefficient (Wildman–Crippen LogP) is 9.18. The SMILES string of the molecule is CCCCn1c(-c2ccc(Oc3ccc(F)c(C(F)(F)F)c3)cc2OCCN2CCCC2)nc2c(SCC)cc(F)cc21. The molecule has 1 aromatic heterocycles. The van der Waals surface area contributed by atoms with Crippen LogP contribution < -0.4 is 9.47 Å². The van der Waals surface area contributed by atoms with Crippen LogP contribution in [0.5, 0.6) is 17.2 Å². The van der Waals surface area contributed by atoms with Crippen LogP contribution in [0.3, 0.4) is 0 Å². The third-order valence-electron chi connectivity index (χ3n) is 7.36. The van der Waals surface area contributed by atoms with Gasteiger partial charge in [0.05, 0.1) is 16.6 Å². The molecule has 0 atom stereocenters. The van der Waals surface area contributed by atoms with Gasteiger partial charge in [-0.25, -0.2) is 13.8 Å². The number of benzene rings is 3. The molecule has 0 amide bonds. The van der Waals surface area contributed by atoms with Crippen molar-refractivity contribution in [3.05, 3.63) is 65.7 Å². The Morgan fingerprint density at radius 1 is 0.930 bits per heavy atom. The van der Waals surface area contributed by atoms with Crippen molar-refractivity contribution in [1.82, 2.24) is 14.5 Å². The minimum absolute atomic E-state index is 0.156. The van der Waals surface area contributed by atoms with Crippen molar-refractivity contribution in [3.8, 4) is 28.6 Å². The number of halogens is 5. The Hall–Kier alpha value is -3.31. The fourth-order valence-electron chi connectivity index (χ4n) is 5.26. The molecule has 43 heavy (non-hydrogen) atoms. The highest BCUT2D eigenvalue weighted by molar-refractivity contribution is 7.99. The van der Waals surface area contributed by atoms with Crippen molar-refractivity contribution in [2.24, 2.45) is 0 Å². The number of fused-ring (bicyclic) bond motifs is 1. The van der Waals surface area contributed by atoms with Gasteiger partial charge in [-0.05, 0) is 80.6 Å². The van der Waals surface area contributed by atoms with Gasteiger partial charge in [0.25, 0.3) is 0 Å². The van der Waals surface area contributed by atoms with Gasteiger partial charge in [-0.15, -0.1) is 11.8 Å². The predicted molar refractivity (Wildman–Crippen MR) is 159 cm³/mol. The van der Waals surface area contributed by atoms with E-state index in [0.717, 1.165) is 61.6 Å². The van der Waals surface area contributed by atoms with Gasteiger partial charge in [0.1, 0.15) is 46.8 Å². The lowest BCUT2D eigenvalue weighted by atomic mass is 10.1. The summed E-state index contributed by atoms with van der Waals surface area (Å²) in [5, 5.41) is 0. The summed E-state index contributed by atoms with van der Waals surface area (Å²) in [6.07, 6.45) is -0.800. The molecule has 0 bridgehead atoms. The van der Waals surface area contributed by atoms with Crippen molar-refractivity contribution in [1.29, 1.82) is 0 Å². The Morgan fingerprint density at radius 3 is 2.40 bits per heavy atom. The van der Waals surface area contributed by atoms with E-state index >= 15 is 0 Å². The fourth-order valence-corrected chi connectivity index (χ4v) is 6.05. The zero-order valence-electron chi connectivity index (χ0n) is 24.1. The van der Waals surface area contributed by atoms with Gasteiger partial charge in [-0.2, -0.15) is 13.2 Å². The molecule has 230 valence electrons. The van der Waals surface area contributed by atoms with E-state index in [2.05, 4.69) is 11.8 Å². The Labute approximate surface area is 252 Å². The highest BCUT2D eigenvalue weighted by Gasteiger charge is 2.34. The molecule has 0 saturated carbocycles. The molecule has 0 aliphatic carbocycles. The number of unbranched alkanes of at least 4 members (excludes halogenated alkanes) is 1. The second-order valence-corrected chi connectivity index (χ2v) is 11.7. The third kappa shape index (κ3) is 7.26. The molecule has 5 nitrogen and oxygen atoms in total. The molecule has 1 aliphatic rings. The lowest BCUT2D eigenvalue weighted by Gasteiger charge is -2.18. The number of aryl methyl sites for hydroxylation is 1. The van der Waals surface area contributed by atoms with E-state index in [9.17, 15) is 22.0 Å². The Bertz CT molecular complexity index is 1570. The molecule has 11 heteroatoms. The van der Waals surface area contributed by atoms with Crippen molar-refractivity contribution in [2.45, 2.75) is 57.1 Å². The highest BCUT2D eigenvalue weighted by atomic mass is 32.2. The van der Waals surface area contributed by atoms with Crippen LogP contribution in [-0.2, 0) is 12.7 Å². The standard InChI is InChI=1S/C32H34F5N3O2S/c1-3-5-14-40-27-17-21(33)18-29(43-4-2)30(27)38-31(40)24-10-8-23(20-28(24)41-16-15-39-12-6-7-13-39)42-22-9-11-26(34)25(19-22)32(35,36)37/h8-11,17-20H,3-7,12-16H2,1-2H3. The highest BCUT2D eigenvalue weighted by Crippen LogP contribution is 2.40. The Balaban J connectivity index is 1.56. The van der Waals surface area contributed by atoms with Gasteiger partial charge in [0, 0.05) is 24.1 Å². The molecule has 0 spiro atoms. The molecular formula is C32H34F5N3O2S. The normalized spacial score (nSPS) is 14.1. The van der Waals surface area contributed by atoms with Crippen LogP contribution >= 0.6 is 11.8 Å². The molecule has 0 radical (unpaired) electrons. The van der Waals surface area contributed by atoms with Crippen LogP contribution in [-0.4, -0.2) is 46.4 Å². The maximum absolute atomic E-state index is 14.7. The minimum Gasteiger partial charge on any atom is -0.491 e.